The van der Waals surface area contributed by atoms with Crippen LogP contribution in [0.1, 0.15) is 26.7 Å². The topological polar surface area (TPSA) is 168 Å². The van der Waals surface area contributed by atoms with E-state index in [1.54, 1.807) is 9.80 Å². The van der Waals surface area contributed by atoms with E-state index in [9.17, 15) is 0 Å². The van der Waals surface area contributed by atoms with Crippen LogP contribution in [0.15, 0.2) is 0 Å². The molecule has 0 saturated heterocycles. The summed E-state index contributed by atoms with van der Waals surface area (Å²) >= 11 is 0. The van der Waals surface area contributed by atoms with Crippen molar-refractivity contribution >= 4 is 0 Å². The molecule has 180 valence electrons. The summed E-state index contributed by atoms with van der Waals surface area (Å²) in [6.07, 6.45) is 1.75. The molecule has 0 fully saturated rings. The Balaban J connectivity index is -0.0000000950. The van der Waals surface area contributed by atoms with E-state index >= 15 is 0 Å². The van der Waals surface area contributed by atoms with Gasteiger partial charge < -0.3 is 40.9 Å². The molecule has 0 heterocycles. The Morgan fingerprint density at radius 3 is 0.586 bits per heavy atom. The molecular weight excluding hydrogens is 420 g/mol. The first kappa shape index (κ1) is 39.8. The van der Waals surface area contributed by atoms with Gasteiger partial charge in [-0.2, -0.15) is 0 Å². The van der Waals surface area contributed by atoms with Crippen LogP contribution in [0, 0.1) is 0 Å². The minimum atomic E-state index is 0. The number of hydrogen-bond donors (Lipinski definition) is 8. The van der Waals surface area contributed by atoms with Gasteiger partial charge in [-0.05, 0) is 12.8 Å². The normalized spacial score (nSPS) is 9.52. The molecule has 0 bridgehead atoms. The van der Waals surface area contributed by atoms with E-state index in [-0.39, 0.29) is 61.4 Å². The van der Waals surface area contributed by atoms with Gasteiger partial charge in [0, 0.05) is 74.2 Å². The molecule has 0 radical (unpaired) electrons. The predicted octanol–water partition coefficient (Wildman–Crippen LogP) is -2.69. The van der Waals surface area contributed by atoms with Crippen LogP contribution in [0.4, 0.5) is 0 Å². The summed E-state index contributed by atoms with van der Waals surface area (Å²) in [4.78, 5) is 3.58. The summed E-state index contributed by atoms with van der Waals surface area (Å²) in [7, 11) is 0. The summed E-state index contributed by atoms with van der Waals surface area (Å²) in [5, 5.41) is 66.7. The molecule has 0 aromatic carbocycles. The molecule has 10 nitrogen and oxygen atoms in total. The van der Waals surface area contributed by atoms with Gasteiger partial charge >= 0.3 is 0 Å². The minimum Gasteiger partial charge on any atom is -0.396 e. The molecule has 0 aliphatic rings. The molecule has 0 aromatic rings. The van der Waals surface area contributed by atoms with E-state index in [4.69, 9.17) is 40.9 Å². The first-order chi connectivity index (χ1) is 13.5. The van der Waals surface area contributed by atoms with Gasteiger partial charge in [-0.3, -0.25) is 9.80 Å². The largest absolute Gasteiger partial charge is 0.396 e. The monoisotopic (exact) mass is 466 g/mol. The second-order valence-corrected chi connectivity index (χ2v) is 5.47. The van der Waals surface area contributed by atoms with Gasteiger partial charge in [0.1, 0.15) is 0 Å². The van der Waals surface area contributed by atoms with Crippen molar-refractivity contribution in [3.63, 3.8) is 0 Å². The van der Waals surface area contributed by atoms with Crippen LogP contribution in [-0.4, -0.2) is 143 Å². The van der Waals surface area contributed by atoms with Gasteiger partial charge in [-0.25, -0.2) is 0 Å². The Morgan fingerprint density at radius 1 is 0.379 bits per heavy atom. The summed E-state index contributed by atoms with van der Waals surface area (Å²) in [6.45, 7) is 8.01. The summed E-state index contributed by atoms with van der Waals surface area (Å²) in [5.41, 5.74) is 0. The van der Waals surface area contributed by atoms with Gasteiger partial charge in [0.2, 0.25) is 0 Å². The molecular formula is C18H46N2O8Ti. The molecule has 11 heteroatoms. The molecule has 0 saturated carbocycles. The van der Waals surface area contributed by atoms with Gasteiger partial charge in [0.05, 0.1) is 39.6 Å². The maximum atomic E-state index is 8.48. The van der Waals surface area contributed by atoms with Crippen molar-refractivity contribution in [3.05, 3.63) is 0 Å². The van der Waals surface area contributed by atoms with E-state index < -0.39 is 0 Å². The second kappa shape index (κ2) is 42.4. The molecule has 0 aromatic heterocycles. The van der Waals surface area contributed by atoms with Gasteiger partial charge in [0.25, 0.3) is 0 Å². The SMILES string of the molecule is CCCO.CCCO.OCCN(CCO)CCO.OCCN(CCO)CCO.[Ti]. The zero-order valence-electron chi connectivity index (χ0n) is 18.3. The molecule has 0 amide bonds. The van der Waals surface area contributed by atoms with Crippen LogP contribution in [0.25, 0.3) is 0 Å². The molecule has 0 unspecified atom stereocenters. The van der Waals surface area contributed by atoms with Crippen molar-refractivity contribution in [1.82, 2.24) is 9.80 Å². The van der Waals surface area contributed by atoms with Gasteiger partial charge in [0.15, 0.2) is 0 Å². The van der Waals surface area contributed by atoms with Gasteiger partial charge in [-0.15, -0.1) is 0 Å². The Kier molecular flexibility index (Phi) is 58.2. The Labute approximate surface area is 191 Å². The molecule has 0 atom stereocenters. The Hall–Kier alpha value is 0.314. The van der Waals surface area contributed by atoms with Crippen LogP contribution in [0.3, 0.4) is 0 Å². The zero-order chi connectivity index (χ0) is 22.5. The summed E-state index contributed by atoms with van der Waals surface area (Å²) in [6, 6.07) is 0. The number of rotatable bonds is 14. The van der Waals surface area contributed by atoms with Crippen LogP contribution in [0.2, 0.25) is 0 Å². The van der Waals surface area contributed by atoms with Gasteiger partial charge in [-0.1, -0.05) is 13.8 Å². The number of aliphatic hydroxyl groups excluding tert-OH is 8. The van der Waals surface area contributed by atoms with Crippen LogP contribution >= 0.6 is 0 Å². The summed E-state index contributed by atoms with van der Waals surface area (Å²) < 4.78 is 0. The van der Waals surface area contributed by atoms with Crippen molar-refractivity contribution in [2.75, 3.05) is 92.1 Å². The quantitative estimate of drug-likeness (QED) is 0.126. The fourth-order valence-electron chi connectivity index (χ4n) is 1.52. The minimum absolute atomic E-state index is 0. The van der Waals surface area contributed by atoms with E-state index in [1.807, 2.05) is 13.8 Å². The molecule has 29 heavy (non-hydrogen) atoms. The van der Waals surface area contributed by atoms with Crippen molar-refractivity contribution in [1.29, 1.82) is 0 Å². The van der Waals surface area contributed by atoms with Crippen LogP contribution in [0.5, 0.6) is 0 Å². The Morgan fingerprint density at radius 2 is 0.517 bits per heavy atom. The van der Waals surface area contributed by atoms with Crippen molar-refractivity contribution in [2.45, 2.75) is 26.7 Å². The average molecular weight is 466 g/mol. The third-order valence-corrected chi connectivity index (χ3v) is 2.94. The number of hydrogen-bond acceptors (Lipinski definition) is 10. The summed E-state index contributed by atoms with van der Waals surface area (Å²) in [5.74, 6) is 0. The average Bonchev–Trinajstić information content (AvgIpc) is 2.70. The first-order valence-corrected chi connectivity index (χ1v) is 9.84. The number of nitrogens with zero attached hydrogens (tertiary/aromatic N) is 2. The molecule has 0 rings (SSSR count). The maximum absolute atomic E-state index is 8.48. The van der Waals surface area contributed by atoms with E-state index in [2.05, 4.69) is 0 Å². The molecule has 0 aliphatic heterocycles. The number of aliphatic hydroxyl groups is 8. The van der Waals surface area contributed by atoms with E-state index in [1.165, 1.54) is 0 Å². The smallest absolute Gasteiger partial charge is 0.0558 e. The van der Waals surface area contributed by atoms with Crippen molar-refractivity contribution in [2.24, 2.45) is 0 Å². The predicted molar refractivity (Wildman–Crippen MR) is 110 cm³/mol. The molecule has 8 N–H and O–H groups in total. The third kappa shape index (κ3) is 47.5. The first-order valence-electron chi connectivity index (χ1n) is 9.84. The van der Waals surface area contributed by atoms with Crippen molar-refractivity contribution < 1.29 is 62.6 Å². The third-order valence-electron chi connectivity index (χ3n) is 2.94. The second-order valence-electron chi connectivity index (χ2n) is 5.47. The Bertz CT molecular complexity index is 182. The fraction of sp³-hybridized carbons (Fsp3) is 1.00. The molecule has 0 spiro atoms. The van der Waals surface area contributed by atoms with E-state index in [0.717, 1.165) is 12.8 Å². The van der Waals surface area contributed by atoms with E-state index in [0.29, 0.717) is 52.5 Å². The van der Waals surface area contributed by atoms with Crippen LogP contribution < -0.4 is 0 Å². The maximum Gasteiger partial charge on any atom is 0.0558 e. The standard InChI is InChI=1S/2C6H15NO3.2C3H8O.Ti/c2*8-4-1-7(2-5-9)3-6-10;2*1-2-3-4;/h2*8-10H,1-6H2;2*4H,2-3H2,1H3;. The van der Waals surface area contributed by atoms with Crippen molar-refractivity contribution in [3.8, 4) is 0 Å². The molecule has 0 aliphatic carbocycles. The van der Waals surface area contributed by atoms with Crippen LogP contribution in [-0.2, 0) is 21.7 Å². The zero-order valence-corrected chi connectivity index (χ0v) is 19.8. The fourth-order valence-corrected chi connectivity index (χ4v) is 1.52.